The van der Waals surface area contributed by atoms with Gasteiger partial charge in [-0.1, -0.05) is 19.1 Å². The molecule has 4 heteroatoms. The molecule has 1 atom stereocenters. The molecule has 0 aliphatic carbocycles. The van der Waals surface area contributed by atoms with Gasteiger partial charge in [0.2, 0.25) is 0 Å². The number of hydrogen-bond donors (Lipinski definition) is 1. The predicted octanol–water partition coefficient (Wildman–Crippen LogP) is 2.14. The standard InChI is InChI=1S/C13H17NO3/c1-4-11-5-7-12(8-6-11)14-13(16)9(2)17-10(3)15/h5-9H,4H2,1-3H3,(H,14,16)/t9-/m0/s1. The lowest BCUT2D eigenvalue weighted by Crippen LogP contribution is -2.29. The van der Waals surface area contributed by atoms with E-state index >= 15 is 0 Å². The summed E-state index contributed by atoms with van der Waals surface area (Å²) in [5, 5.41) is 2.68. The van der Waals surface area contributed by atoms with E-state index in [0.29, 0.717) is 5.69 Å². The molecule has 0 aliphatic heterocycles. The van der Waals surface area contributed by atoms with Crippen LogP contribution in [-0.2, 0) is 20.7 Å². The van der Waals surface area contributed by atoms with Crippen LogP contribution in [0.4, 0.5) is 5.69 Å². The molecule has 0 aliphatic rings. The lowest BCUT2D eigenvalue weighted by Gasteiger charge is -2.12. The smallest absolute Gasteiger partial charge is 0.303 e. The minimum absolute atomic E-state index is 0.329. The topological polar surface area (TPSA) is 55.4 Å². The Balaban J connectivity index is 2.58. The van der Waals surface area contributed by atoms with Crippen molar-refractivity contribution >= 4 is 17.6 Å². The van der Waals surface area contributed by atoms with Gasteiger partial charge in [-0.3, -0.25) is 9.59 Å². The molecule has 92 valence electrons. The molecule has 0 unspecified atom stereocenters. The first-order valence-corrected chi connectivity index (χ1v) is 5.60. The third kappa shape index (κ3) is 4.26. The minimum atomic E-state index is -0.779. The molecular weight excluding hydrogens is 218 g/mol. The molecule has 0 bridgehead atoms. The number of ether oxygens (including phenoxy) is 1. The Morgan fingerprint density at radius 3 is 2.35 bits per heavy atom. The summed E-state index contributed by atoms with van der Waals surface area (Å²) in [6.45, 7) is 4.88. The highest BCUT2D eigenvalue weighted by atomic mass is 16.5. The van der Waals surface area contributed by atoms with Crippen LogP contribution in [0.2, 0.25) is 0 Å². The van der Waals surface area contributed by atoms with Crippen LogP contribution in [0.5, 0.6) is 0 Å². The fourth-order valence-electron chi connectivity index (χ4n) is 1.37. The van der Waals surface area contributed by atoms with Gasteiger partial charge in [-0.2, -0.15) is 0 Å². The Morgan fingerprint density at radius 1 is 1.29 bits per heavy atom. The van der Waals surface area contributed by atoms with Gasteiger partial charge in [0.15, 0.2) is 6.10 Å². The molecule has 1 amide bonds. The number of amides is 1. The van der Waals surface area contributed by atoms with Gasteiger partial charge in [0.25, 0.3) is 5.91 Å². The highest BCUT2D eigenvalue weighted by Gasteiger charge is 2.15. The number of nitrogens with one attached hydrogen (secondary N) is 1. The molecule has 0 aromatic heterocycles. The monoisotopic (exact) mass is 235 g/mol. The third-order valence-corrected chi connectivity index (χ3v) is 2.34. The zero-order valence-corrected chi connectivity index (χ0v) is 10.3. The molecule has 0 fully saturated rings. The van der Waals surface area contributed by atoms with E-state index in [9.17, 15) is 9.59 Å². The lowest BCUT2D eigenvalue weighted by molar-refractivity contribution is -0.150. The summed E-state index contributed by atoms with van der Waals surface area (Å²) in [4.78, 5) is 22.3. The van der Waals surface area contributed by atoms with Gasteiger partial charge >= 0.3 is 5.97 Å². The SMILES string of the molecule is CCc1ccc(NC(=O)[C@H](C)OC(C)=O)cc1. The second-order valence-corrected chi connectivity index (χ2v) is 3.79. The maximum absolute atomic E-state index is 11.6. The van der Waals surface area contributed by atoms with Crippen LogP contribution in [-0.4, -0.2) is 18.0 Å². The maximum Gasteiger partial charge on any atom is 0.303 e. The Labute approximate surface area is 101 Å². The number of benzene rings is 1. The van der Waals surface area contributed by atoms with Crippen molar-refractivity contribution in [2.45, 2.75) is 33.3 Å². The molecule has 0 saturated heterocycles. The zero-order valence-electron chi connectivity index (χ0n) is 10.3. The Bertz CT molecular complexity index is 398. The highest BCUT2D eigenvalue weighted by molar-refractivity contribution is 5.94. The first-order chi connectivity index (χ1) is 8.02. The molecule has 0 saturated carbocycles. The molecular formula is C13H17NO3. The number of esters is 1. The van der Waals surface area contributed by atoms with Crippen LogP contribution < -0.4 is 5.32 Å². The number of anilines is 1. The average Bonchev–Trinajstić information content (AvgIpc) is 2.29. The predicted molar refractivity (Wildman–Crippen MR) is 65.7 cm³/mol. The maximum atomic E-state index is 11.6. The van der Waals surface area contributed by atoms with Gasteiger partial charge in [0.05, 0.1) is 0 Å². The number of hydrogen-bond acceptors (Lipinski definition) is 3. The van der Waals surface area contributed by atoms with Crippen molar-refractivity contribution in [3.05, 3.63) is 29.8 Å². The Morgan fingerprint density at radius 2 is 1.88 bits per heavy atom. The molecule has 17 heavy (non-hydrogen) atoms. The van der Waals surface area contributed by atoms with Crippen LogP contribution in [0.1, 0.15) is 26.3 Å². The molecule has 1 N–H and O–H groups in total. The zero-order chi connectivity index (χ0) is 12.8. The van der Waals surface area contributed by atoms with Gasteiger partial charge in [0, 0.05) is 12.6 Å². The normalized spacial score (nSPS) is 11.7. The van der Waals surface area contributed by atoms with E-state index in [1.54, 1.807) is 0 Å². The van der Waals surface area contributed by atoms with Crippen molar-refractivity contribution in [3.8, 4) is 0 Å². The second kappa shape index (κ2) is 6.03. The van der Waals surface area contributed by atoms with Crippen molar-refractivity contribution in [2.75, 3.05) is 5.32 Å². The van der Waals surface area contributed by atoms with E-state index < -0.39 is 12.1 Å². The molecule has 1 aromatic carbocycles. The van der Waals surface area contributed by atoms with Crippen LogP contribution in [0.25, 0.3) is 0 Å². The van der Waals surface area contributed by atoms with E-state index in [4.69, 9.17) is 4.74 Å². The Hall–Kier alpha value is -1.84. The quantitative estimate of drug-likeness (QED) is 0.813. The molecule has 0 radical (unpaired) electrons. The summed E-state index contributed by atoms with van der Waals surface area (Å²) >= 11 is 0. The number of aryl methyl sites for hydroxylation is 1. The fourth-order valence-corrected chi connectivity index (χ4v) is 1.37. The van der Waals surface area contributed by atoms with Crippen LogP contribution in [0, 0.1) is 0 Å². The highest BCUT2D eigenvalue weighted by Crippen LogP contribution is 2.10. The minimum Gasteiger partial charge on any atom is -0.453 e. The van der Waals surface area contributed by atoms with E-state index in [-0.39, 0.29) is 5.91 Å². The summed E-state index contributed by atoms with van der Waals surface area (Å²) in [7, 11) is 0. The van der Waals surface area contributed by atoms with Gasteiger partial charge in [-0.25, -0.2) is 0 Å². The summed E-state index contributed by atoms with van der Waals surface area (Å²) < 4.78 is 4.78. The average molecular weight is 235 g/mol. The van der Waals surface area contributed by atoms with E-state index in [1.807, 2.05) is 24.3 Å². The number of carbonyl (C=O) groups excluding carboxylic acids is 2. The van der Waals surface area contributed by atoms with Crippen molar-refractivity contribution in [2.24, 2.45) is 0 Å². The molecule has 1 aromatic rings. The summed E-state index contributed by atoms with van der Waals surface area (Å²) in [5.41, 5.74) is 1.90. The van der Waals surface area contributed by atoms with Gasteiger partial charge in [-0.05, 0) is 31.0 Å². The first kappa shape index (κ1) is 13.2. The number of carbonyl (C=O) groups is 2. The van der Waals surface area contributed by atoms with Crippen molar-refractivity contribution in [3.63, 3.8) is 0 Å². The van der Waals surface area contributed by atoms with Crippen LogP contribution in [0.3, 0.4) is 0 Å². The van der Waals surface area contributed by atoms with E-state index in [1.165, 1.54) is 19.4 Å². The van der Waals surface area contributed by atoms with Crippen LogP contribution in [0.15, 0.2) is 24.3 Å². The molecule has 0 spiro atoms. The first-order valence-electron chi connectivity index (χ1n) is 5.60. The molecule has 4 nitrogen and oxygen atoms in total. The summed E-state index contributed by atoms with van der Waals surface area (Å²) in [5.74, 6) is -0.793. The Kier molecular flexibility index (Phi) is 4.69. The van der Waals surface area contributed by atoms with Crippen molar-refractivity contribution in [1.82, 2.24) is 0 Å². The van der Waals surface area contributed by atoms with E-state index in [0.717, 1.165) is 6.42 Å². The van der Waals surface area contributed by atoms with Gasteiger partial charge in [-0.15, -0.1) is 0 Å². The fraction of sp³-hybridized carbons (Fsp3) is 0.385. The van der Waals surface area contributed by atoms with Crippen molar-refractivity contribution < 1.29 is 14.3 Å². The molecule has 1 rings (SSSR count). The van der Waals surface area contributed by atoms with E-state index in [2.05, 4.69) is 12.2 Å². The summed E-state index contributed by atoms with van der Waals surface area (Å²) in [6.07, 6.45) is 0.177. The van der Waals surface area contributed by atoms with Gasteiger partial charge in [0.1, 0.15) is 0 Å². The summed E-state index contributed by atoms with van der Waals surface area (Å²) in [6, 6.07) is 7.56. The molecule has 0 heterocycles. The second-order valence-electron chi connectivity index (χ2n) is 3.79. The lowest BCUT2D eigenvalue weighted by atomic mass is 10.1. The number of rotatable bonds is 4. The largest absolute Gasteiger partial charge is 0.453 e. The van der Waals surface area contributed by atoms with Crippen LogP contribution >= 0.6 is 0 Å². The van der Waals surface area contributed by atoms with Crippen molar-refractivity contribution in [1.29, 1.82) is 0 Å². The van der Waals surface area contributed by atoms with Gasteiger partial charge < -0.3 is 10.1 Å². The third-order valence-electron chi connectivity index (χ3n) is 2.34.